The molecule has 38 heavy (non-hydrogen) atoms. The number of piperidine rings is 1. The lowest BCUT2D eigenvalue weighted by atomic mass is 9.81. The summed E-state index contributed by atoms with van der Waals surface area (Å²) in [4.78, 5) is 27.8. The van der Waals surface area contributed by atoms with Crippen LogP contribution in [0.25, 0.3) is 11.1 Å². The van der Waals surface area contributed by atoms with Gasteiger partial charge in [0.1, 0.15) is 11.4 Å². The van der Waals surface area contributed by atoms with Crippen molar-refractivity contribution in [3.63, 3.8) is 0 Å². The highest BCUT2D eigenvalue weighted by Gasteiger charge is 2.47. The molecular weight excluding hydrogens is 483 g/mol. The number of likely N-dealkylation sites (tertiary alicyclic amines) is 1. The number of carbonyl (C=O) groups is 2. The van der Waals surface area contributed by atoms with E-state index in [1.54, 1.807) is 17.0 Å². The van der Waals surface area contributed by atoms with Crippen molar-refractivity contribution in [1.82, 2.24) is 4.90 Å². The lowest BCUT2D eigenvalue weighted by Crippen LogP contribution is -2.46. The van der Waals surface area contributed by atoms with Crippen molar-refractivity contribution in [2.45, 2.75) is 51.2 Å². The van der Waals surface area contributed by atoms with E-state index in [0.717, 1.165) is 43.6 Å². The Kier molecular flexibility index (Phi) is 6.73. The summed E-state index contributed by atoms with van der Waals surface area (Å²) in [6.45, 7) is 9.47. The van der Waals surface area contributed by atoms with Gasteiger partial charge in [-0.2, -0.15) is 0 Å². The van der Waals surface area contributed by atoms with Crippen LogP contribution in [-0.2, 0) is 16.7 Å². The van der Waals surface area contributed by atoms with Gasteiger partial charge in [0.25, 0.3) is 0 Å². The molecule has 2 aliphatic rings. The Morgan fingerprint density at radius 1 is 1.00 bits per heavy atom. The van der Waals surface area contributed by atoms with Crippen molar-refractivity contribution in [3.8, 4) is 11.1 Å². The number of ether oxygens (including phenoxy) is 1. The van der Waals surface area contributed by atoms with Crippen LogP contribution in [0.15, 0.2) is 66.7 Å². The molecule has 1 amide bonds. The van der Waals surface area contributed by atoms with Crippen molar-refractivity contribution < 1.29 is 23.8 Å². The molecule has 1 N–H and O–H groups in total. The molecule has 6 nitrogen and oxygen atoms in total. The minimum absolute atomic E-state index is 0.0735. The van der Waals surface area contributed by atoms with Gasteiger partial charge < -0.3 is 9.84 Å². The van der Waals surface area contributed by atoms with Crippen LogP contribution in [0, 0.1) is 5.82 Å². The summed E-state index contributed by atoms with van der Waals surface area (Å²) in [5, 5.41) is 9.13. The zero-order valence-corrected chi connectivity index (χ0v) is 22.0. The second-order valence-electron chi connectivity index (χ2n) is 11.4. The molecule has 0 aromatic heterocycles. The highest BCUT2D eigenvalue weighted by atomic mass is 19.1. The molecule has 0 unspecified atom stereocenters. The number of carboxylic acids is 1. The molecule has 5 rings (SSSR count). The molecule has 1 spiro atoms. The van der Waals surface area contributed by atoms with Crippen LogP contribution in [-0.4, -0.2) is 47.3 Å². The van der Waals surface area contributed by atoms with E-state index in [2.05, 4.69) is 43.9 Å². The molecule has 0 bridgehead atoms. The zero-order chi connectivity index (χ0) is 27.1. The van der Waals surface area contributed by atoms with Gasteiger partial charge in [-0.1, -0.05) is 51.1 Å². The minimum atomic E-state index is -0.996. The van der Waals surface area contributed by atoms with Crippen molar-refractivity contribution in [1.29, 1.82) is 0 Å². The molecule has 2 saturated heterocycles. The van der Waals surface area contributed by atoms with E-state index in [0.29, 0.717) is 12.2 Å². The van der Waals surface area contributed by atoms with E-state index < -0.39 is 11.6 Å². The molecule has 2 heterocycles. The third kappa shape index (κ3) is 5.29. The van der Waals surface area contributed by atoms with Gasteiger partial charge in [-0.05, 0) is 64.1 Å². The van der Waals surface area contributed by atoms with Gasteiger partial charge in [-0.3, -0.25) is 9.80 Å². The highest BCUT2D eigenvalue weighted by Crippen LogP contribution is 2.37. The van der Waals surface area contributed by atoms with Gasteiger partial charge in [-0.25, -0.2) is 14.0 Å². The van der Waals surface area contributed by atoms with Gasteiger partial charge in [0, 0.05) is 38.2 Å². The van der Waals surface area contributed by atoms with Gasteiger partial charge in [0.2, 0.25) is 0 Å². The maximum Gasteiger partial charge on any atom is 0.415 e. The fourth-order valence-corrected chi connectivity index (χ4v) is 5.43. The Morgan fingerprint density at radius 2 is 1.66 bits per heavy atom. The normalized spacial score (nSPS) is 17.6. The van der Waals surface area contributed by atoms with E-state index in [-0.39, 0.29) is 22.9 Å². The second-order valence-corrected chi connectivity index (χ2v) is 11.4. The van der Waals surface area contributed by atoms with Gasteiger partial charge in [0.15, 0.2) is 0 Å². The number of amides is 1. The Labute approximate surface area is 222 Å². The second kappa shape index (κ2) is 9.87. The monoisotopic (exact) mass is 516 g/mol. The topological polar surface area (TPSA) is 70.1 Å². The lowest BCUT2D eigenvalue weighted by molar-refractivity contribution is -0.000984. The molecule has 0 saturated carbocycles. The molecule has 0 radical (unpaired) electrons. The molecule has 0 atom stereocenters. The highest BCUT2D eigenvalue weighted by molar-refractivity contribution is 5.92. The predicted molar refractivity (Wildman–Crippen MR) is 145 cm³/mol. The summed E-state index contributed by atoms with van der Waals surface area (Å²) in [6.07, 6.45) is 1.09. The smallest absolute Gasteiger partial charge is 0.415 e. The summed E-state index contributed by atoms with van der Waals surface area (Å²) < 4.78 is 19.4. The van der Waals surface area contributed by atoms with E-state index in [4.69, 9.17) is 9.84 Å². The molecule has 0 aliphatic carbocycles. The lowest BCUT2D eigenvalue weighted by Gasteiger charge is -2.37. The van der Waals surface area contributed by atoms with Crippen LogP contribution in [0.3, 0.4) is 0 Å². The van der Waals surface area contributed by atoms with E-state index in [1.807, 2.05) is 12.1 Å². The van der Waals surface area contributed by atoms with Crippen LogP contribution in [0.2, 0.25) is 0 Å². The number of carboxylic acid groups (broad SMARTS) is 1. The van der Waals surface area contributed by atoms with Crippen molar-refractivity contribution in [3.05, 3.63) is 89.2 Å². The molecular formula is C31H33FN2O4. The number of benzene rings is 3. The van der Waals surface area contributed by atoms with Crippen LogP contribution in [0.1, 0.15) is 55.1 Å². The number of hydrogen-bond acceptors (Lipinski definition) is 4. The number of rotatable bonds is 5. The zero-order valence-electron chi connectivity index (χ0n) is 22.0. The first kappa shape index (κ1) is 25.9. The Bertz CT molecular complexity index is 1340. The quantitative estimate of drug-likeness (QED) is 0.420. The maximum atomic E-state index is 13.5. The molecule has 2 fully saturated rings. The first-order valence-electron chi connectivity index (χ1n) is 13.0. The minimum Gasteiger partial charge on any atom is -0.478 e. The van der Waals surface area contributed by atoms with Crippen molar-refractivity contribution >= 4 is 17.7 Å². The predicted octanol–water partition coefficient (Wildman–Crippen LogP) is 6.48. The van der Waals surface area contributed by atoms with Crippen molar-refractivity contribution in [2.75, 3.05) is 24.5 Å². The molecule has 2 aliphatic heterocycles. The standard InChI is InChI=1S/C31H33FN2O4/c1-30(2,3)27-18-21(4-13-26(27)22-5-9-24(32)10-6-22)19-33-16-14-31(15-17-33)20-34(29(37)38-31)25-11-7-23(8-12-25)28(35)36/h4-13,18H,14-17,19-20H2,1-3H3,(H,35,36). The third-order valence-electron chi connectivity index (χ3n) is 7.62. The number of nitrogens with zero attached hydrogens (tertiary/aromatic N) is 2. The fraction of sp³-hybridized carbons (Fsp3) is 0.355. The summed E-state index contributed by atoms with van der Waals surface area (Å²) in [6, 6.07) is 19.5. The number of aromatic carboxylic acids is 1. The first-order valence-corrected chi connectivity index (χ1v) is 13.0. The number of hydrogen-bond donors (Lipinski definition) is 1. The average Bonchev–Trinajstić information content (AvgIpc) is 3.21. The maximum absolute atomic E-state index is 13.5. The van der Waals surface area contributed by atoms with E-state index >= 15 is 0 Å². The SMILES string of the molecule is CC(C)(C)c1cc(CN2CCC3(CC2)CN(c2ccc(C(=O)O)cc2)C(=O)O3)ccc1-c1ccc(F)cc1. The summed E-state index contributed by atoms with van der Waals surface area (Å²) in [5.41, 5.74) is 4.81. The first-order chi connectivity index (χ1) is 18.0. The Morgan fingerprint density at radius 3 is 2.26 bits per heavy atom. The van der Waals surface area contributed by atoms with Crippen LogP contribution in [0.5, 0.6) is 0 Å². The van der Waals surface area contributed by atoms with E-state index in [9.17, 15) is 14.0 Å². The summed E-state index contributed by atoms with van der Waals surface area (Å²) in [5.74, 6) is -1.23. The number of anilines is 1. The summed E-state index contributed by atoms with van der Waals surface area (Å²) in [7, 11) is 0. The van der Waals surface area contributed by atoms with Gasteiger partial charge in [0.05, 0.1) is 12.1 Å². The van der Waals surface area contributed by atoms with Gasteiger partial charge >= 0.3 is 12.1 Å². The number of carbonyl (C=O) groups excluding carboxylic acids is 1. The summed E-state index contributed by atoms with van der Waals surface area (Å²) >= 11 is 0. The molecule has 3 aromatic rings. The molecule has 198 valence electrons. The third-order valence-corrected chi connectivity index (χ3v) is 7.62. The van der Waals surface area contributed by atoms with Crippen LogP contribution in [0.4, 0.5) is 14.9 Å². The van der Waals surface area contributed by atoms with E-state index in [1.165, 1.54) is 35.4 Å². The van der Waals surface area contributed by atoms with Crippen LogP contribution >= 0.6 is 0 Å². The average molecular weight is 517 g/mol. The number of halogens is 1. The van der Waals surface area contributed by atoms with Crippen LogP contribution < -0.4 is 4.90 Å². The Hall–Kier alpha value is -3.71. The molecule has 3 aromatic carbocycles. The largest absolute Gasteiger partial charge is 0.478 e. The van der Waals surface area contributed by atoms with Crippen molar-refractivity contribution in [2.24, 2.45) is 0 Å². The Balaban J connectivity index is 1.26. The molecule has 7 heteroatoms. The van der Waals surface area contributed by atoms with Gasteiger partial charge in [-0.15, -0.1) is 0 Å². The fourth-order valence-electron chi connectivity index (χ4n) is 5.43.